The number of rotatable bonds is 7. The molecule has 0 aliphatic carbocycles. The molecule has 0 N–H and O–H groups in total. The number of hydrogen-bond acceptors (Lipinski definition) is 4. The van der Waals surface area contributed by atoms with Crippen LogP contribution in [0.25, 0.3) is 32.7 Å². The molecule has 0 aliphatic rings. The van der Waals surface area contributed by atoms with Crippen molar-refractivity contribution >= 4 is 32.7 Å². The molecule has 4 nitrogen and oxygen atoms in total. The minimum atomic E-state index is 0.249. The van der Waals surface area contributed by atoms with Gasteiger partial charge in [0.2, 0.25) is 0 Å². The molecule has 0 saturated heterocycles. The van der Waals surface area contributed by atoms with E-state index in [1.54, 1.807) is 0 Å². The van der Waals surface area contributed by atoms with E-state index in [2.05, 4.69) is 93.5 Å². The molecule has 2 atom stereocenters. The first-order valence-electron chi connectivity index (χ1n) is 12.8. The Labute approximate surface area is 210 Å². The second-order valence-corrected chi connectivity index (χ2v) is 10.5. The van der Waals surface area contributed by atoms with E-state index >= 15 is 0 Å². The van der Waals surface area contributed by atoms with Crippen molar-refractivity contribution in [2.75, 3.05) is 0 Å². The zero-order chi connectivity index (χ0) is 24.8. The predicted molar refractivity (Wildman–Crippen MR) is 145 cm³/mol. The van der Waals surface area contributed by atoms with Gasteiger partial charge in [-0.25, -0.2) is 0 Å². The first kappa shape index (κ1) is 22.7. The van der Waals surface area contributed by atoms with E-state index in [0.717, 1.165) is 57.4 Å². The number of fused-ring (bicyclic) bond motifs is 3. The van der Waals surface area contributed by atoms with Crippen molar-refractivity contribution in [2.24, 2.45) is 0 Å². The van der Waals surface area contributed by atoms with Crippen LogP contribution in [-0.4, -0.2) is 5.16 Å². The van der Waals surface area contributed by atoms with Gasteiger partial charge in [0.1, 0.15) is 17.1 Å². The number of furan rings is 2. The lowest BCUT2D eigenvalue weighted by molar-refractivity contribution is 0.441. The topological polar surface area (TPSA) is 52.3 Å². The Bertz CT molecular complexity index is 1670. The van der Waals surface area contributed by atoms with E-state index in [4.69, 9.17) is 13.4 Å². The van der Waals surface area contributed by atoms with Gasteiger partial charge < -0.3 is 13.4 Å². The maximum Gasteiger partial charge on any atom is 0.167 e. The van der Waals surface area contributed by atoms with Gasteiger partial charge >= 0.3 is 0 Å². The number of hydrogen-bond donors (Lipinski definition) is 0. The normalized spacial score (nSPS) is 13.8. The molecule has 3 aromatic heterocycles. The minimum absolute atomic E-state index is 0.249. The first-order chi connectivity index (χ1) is 17.5. The van der Waals surface area contributed by atoms with Gasteiger partial charge in [0.05, 0.1) is 12.0 Å². The summed E-state index contributed by atoms with van der Waals surface area (Å²) in [6.45, 7) is 8.72. The summed E-state index contributed by atoms with van der Waals surface area (Å²) in [5, 5.41) is 8.88. The second-order valence-electron chi connectivity index (χ2n) is 10.5. The fourth-order valence-electron chi connectivity index (χ4n) is 5.32. The fraction of sp³-hybridized carbons (Fsp3) is 0.281. The molecule has 0 fully saturated rings. The highest BCUT2D eigenvalue weighted by Crippen LogP contribution is 2.33. The summed E-state index contributed by atoms with van der Waals surface area (Å²) in [6.07, 6.45) is 3.65. The minimum Gasteiger partial charge on any atom is -0.468 e. The van der Waals surface area contributed by atoms with Crippen LogP contribution in [0.2, 0.25) is 0 Å². The Morgan fingerprint density at radius 1 is 0.722 bits per heavy atom. The van der Waals surface area contributed by atoms with Crippen molar-refractivity contribution in [3.05, 3.63) is 101 Å². The van der Waals surface area contributed by atoms with Crippen LogP contribution in [0.5, 0.6) is 0 Å². The molecule has 0 saturated carbocycles. The van der Waals surface area contributed by atoms with Crippen molar-refractivity contribution in [1.29, 1.82) is 0 Å². The van der Waals surface area contributed by atoms with Crippen LogP contribution in [0.3, 0.4) is 0 Å². The summed E-state index contributed by atoms with van der Waals surface area (Å²) in [5.41, 5.74) is 5.32. The lowest BCUT2D eigenvalue weighted by Crippen LogP contribution is -1.97. The summed E-state index contributed by atoms with van der Waals surface area (Å²) >= 11 is 0. The molecule has 3 heterocycles. The molecule has 0 bridgehead atoms. The third-order valence-electron chi connectivity index (χ3n) is 7.27. The highest BCUT2D eigenvalue weighted by Gasteiger charge is 2.18. The molecule has 36 heavy (non-hydrogen) atoms. The monoisotopic (exact) mass is 477 g/mol. The summed E-state index contributed by atoms with van der Waals surface area (Å²) in [7, 11) is 0. The van der Waals surface area contributed by atoms with Crippen LogP contribution in [0.4, 0.5) is 0 Å². The molecule has 0 aliphatic heterocycles. The molecule has 182 valence electrons. The van der Waals surface area contributed by atoms with Gasteiger partial charge in [-0.2, -0.15) is 0 Å². The maximum atomic E-state index is 6.26. The Balaban J connectivity index is 1.20. The fourth-order valence-corrected chi connectivity index (χ4v) is 5.32. The Kier molecular flexibility index (Phi) is 5.67. The van der Waals surface area contributed by atoms with Gasteiger partial charge in [-0.05, 0) is 60.2 Å². The third kappa shape index (κ3) is 4.11. The van der Waals surface area contributed by atoms with Crippen molar-refractivity contribution in [1.82, 2.24) is 5.16 Å². The molecule has 3 aromatic carbocycles. The van der Waals surface area contributed by atoms with Gasteiger partial charge in [0.25, 0.3) is 0 Å². The van der Waals surface area contributed by atoms with Crippen LogP contribution in [0.1, 0.15) is 73.8 Å². The zero-order valence-electron chi connectivity index (χ0n) is 21.2. The standard InChI is InChI=1S/C32H31NO3/c1-19(2)31-27-11-9-23(16-30(27)36-33-31)13-20(3)29-17-25-15-22(10-12-28(25)35-29)14-21(4)32-26-8-6-5-7-24(26)18-34-32/h5-12,15-21H,13-14H2,1-4H3. The summed E-state index contributed by atoms with van der Waals surface area (Å²) in [6, 6.07) is 23.5. The van der Waals surface area contributed by atoms with E-state index in [1.165, 1.54) is 16.5 Å². The summed E-state index contributed by atoms with van der Waals surface area (Å²) in [5.74, 6) is 2.94. The van der Waals surface area contributed by atoms with Crippen LogP contribution in [0.15, 0.2) is 86.4 Å². The van der Waals surface area contributed by atoms with Crippen molar-refractivity contribution < 1.29 is 13.4 Å². The van der Waals surface area contributed by atoms with Gasteiger partial charge in [-0.1, -0.05) is 69.2 Å². The van der Waals surface area contributed by atoms with E-state index in [0.29, 0.717) is 5.92 Å². The molecular formula is C32H31NO3. The maximum absolute atomic E-state index is 6.26. The number of nitrogens with zero attached hydrogens (tertiary/aromatic N) is 1. The Morgan fingerprint density at radius 2 is 1.50 bits per heavy atom. The average Bonchev–Trinajstić information content (AvgIpc) is 3.59. The number of aromatic nitrogens is 1. The van der Waals surface area contributed by atoms with E-state index < -0.39 is 0 Å². The van der Waals surface area contributed by atoms with E-state index in [9.17, 15) is 0 Å². The molecule has 0 amide bonds. The molecule has 0 spiro atoms. The zero-order valence-corrected chi connectivity index (χ0v) is 21.2. The lowest BCUT2D eigenvalue weighted by atomic mass is 9.95. The van der Waals surface area contributed by atoms with Gasteiger partial charge in [0, 0.05) is 33.4 Å². The highest BCUT2D eigenvalue weighted by molar-refractivity contribution is 5.84. The number of benzene rings is 3. The molecular weight excluding hydrogens is 446 g/mol. The lowest BCUT2D eigenvalue weighted by Gasteiger charge is -2.09. The quantitative estimate of drug-likeness (QED) is 0.230. The largest absolute Gasteiger partial charge is 0.468 e. The molecule has 0 radical (unpaired) electrons. The van der Waals surface area contributed by atoms with Gasteiger partial charge in [-0.15, -0.1) is 0 Å². The average molecular weight is 478 g/mol. The first-order valence-corrected chi connectivity index (χ1v) is 12.8. The van der Waals surface area contributed by atoms with Crippen molar-refractivity contribution in [3.63, 3.8) is 0 Å². The van der Waals surface area contributed by atoms with E-state index in [-0.39, 0.29) is 11.8 Å². The molecule has 2 unspecified atom stereocenters. The van der Waals surface area contributed by atoms with Gasteiger partial charge in [0.15, 0.2) is 5.58 Å². The summed E-state index contributed by atoms with van der Waals surface area (Å²) < 4.78 is 17.8. The Hall–Kier alpha value is -3.79. The second kappa shape index (κ2) is 9.02. The molecule has 4 heteroatoms. The molecule has 6 rings (SSSR count). The predicted octanol–water partition coefficient (Wildman–Crippen LogP) is 9.14. The van der Waals surface area contributed by atoms with Crippen LogP contribution >= 0.6 is 0 Å². The van der Waals surface area contributed by atoms with E-state index in [1.807, 2.05) is 12.3 Å². The molecule has 6 aromatic rings. The van der Waals surface area contributed by atoms with Crippen LogP contribution in [0, 0.1) is 0 Å². The third-order valence-corrected chi connectivity index (χ3v) is 7.27. The van der Waals surface area contributed by atoms with Gasteiger partial charge in [-0.3, -0.25) is 0 Å². The highest BCUT2D eigenvalue weighted by atomic mass is 16.5. The smallest absolute Gasteiger partial charge is 0.167 e. The Morgan fingerprint density at radius 3 is 2.36 bits per heavy atom. The van der Waals surface area contributed by atoms with Crippen LogP contribution < -0.4 is 0 Å². The SMILES string of the molecule is CC(C)c1noc2cc(CC(C)c3cc4cc(CC(C)c5occ6ccccc56)ccc4o3)ccc12. The summed E-state index contributed by atoms with van der Waals surface area (Å²) in [4.78, 5) is 0. The van der Waals surface area contributed by atoms with Crippen LogP contribution in [-0.2, 0) is 12.8 Å². The van der Waals surface area contributed by atoms with Crippen molar-refractivity contribution in [3.8, 4) is 0 Å². The van der Waals surface area contributed by atoms with Crippen molar-refractivity contribution in [2.45, 2.75) is 58.3 Å².